The maximum atomic E-state index is 13.0. The van der Waals surface area contributed by atoms with E-state index in [1.165, 1.54) is 4.90 Å². The lowest BCUT2D eigenvalue weighted by atomic mass is 9.73. The molecule has 3 amide bonds. The van der Waals surface area contributed by atoms with Crippen molar-refractivity contribution in [1.82, 2.24) is 19.6 Å². The zero-order chi connectivity index (χ0) is 16.9. The number of hydrogen-bond acceptors (Lipinski definition) is 3. The fourth-order valence-electron chi connectivity index (χ4n) is 4.03. The second kappa shape index (κ2) is 5.33. The molecule has 2 aliphatic rings. The molecule has 2 fully saturated rings. The minimum absolute atomic E-state index is 0.0899. The summed E-state index contributed by atoms with van der Waals surface area (Å²) in [6.07, 6.45) is 7.70. The van der Waals surface area contributed by atoms with E-state index in [4.69, 9.17) is 0 Å². The molecule has 1 spiro atoms. The zero-order valence-electron chi connectivity index (χ0n) is 14.1. The highest BCUT2D eigenvalue weighted by atomic mass is 16.2. The van der Waals surface area contributed by atoms with Crippen LogP contribution < -0.4 is 5.32 Å². The third kappa shape index (κ3) is 2.20. The predicted octanol–water partition coefficient (Wildman–Crippen LogP) is 2.64. The largest absolute Gasteiger partial charge is 0.325 e. The van der Waals surface area contributed by atoms with Gasteiger partial charge in [0.1, 0.15) is 11.2 Å². The Morgan fingerprint density at radius 1 is 1.29 bits per heavy atom. The van der Waals surface area contributed by atoms with Crippen molar-refractivity contribution < 1.29 is 9.59 Å². The SMILES string of the molecule is Cc1ccc2nc(CN3C(=O)N[C@]4(CCCC[C@H]4C)C3=O)cn2c1. The summed E-state index contributed by atoms with van der Waals surface area (Å²) in [4.78, 5) is 31.3. The zero-order valence-corrected chi connectivity index (χ0v) is 14.1. The number of aromatic nitrogens is 2. The standard InChI is InChI=1S/C18H22N4O2/c1-12-6-7-15-19-14(10-21(15)9-12)11-22-16(23)18(20-17(22)24)8-4-3-5-13(18)2/h6-7,9-10,13H,3-5,8,11H2,1-2H3,(H,20,24)/t13-,18+/m1/s1. The van der Waals surface area contributed by atoms with Crippen LogP contribution >= 0.6 is 0 Å². The Kier molecular flexibility index (Phi) is 3.37. The van der Waals surface area contributed by atoms with Gasteiger partial charge in [0.2, 0.25) is 0 Å². The number of nitrogens with one attached hydrogen (secondary N) is 1. The predicted molar refractivity (Wildman–Crippen MR) is 89.4 cm³/mol. The van der Waals surface area contributed by atoms with Crippen molar-refractivity contribution >= 4 is 17.6 Å². The van der Waals surface area contributed by atoms with Crippen molar-refractivity contribution in [3.63, 3.8) is 0 Å². The van der Waals surface area contributed by atoms with E-state index in [9.17, 15) is 9.59 Å². The number of aryl methyl sites for hydroxylation is 1. The number of hydrogen-bond donors (Lipinski definition) is 1. The third-order valence-electron chi connectivity index (χ3n) is 5.47. The number of nitrogens with zero attached hydrogens (tertiary/aromatic N) is 3. The number of pyridine rings is 1. The summed E-state index contributed by atoms with van der Waals surface area (Å²) in [6.45, 7) is 4.30. The van der Waals surface area contributed by atoms with Crippen molar-refractivity contribution in [1.29, 1.82) is 0 Å². The van der Waals surface area contributed by atoms with Crippen molar-refractivity contribution in [3.8, 4) is 0 Å². The number of urea groups is 1. The fourth-order valence-corrected chi connectivity index (χ4v) is 4.03. The van der Waals surface area contributed by atoms with Crippen LogP contribution in [0.15, 0.2) is 24.5 Å². The van der Waals surface area contributed by atoms with E-state index in [-0.39, 0.29) is 24.4 Å². The summed E-state index contributed by atoms with van der Waals surface area (Å²) in [6, 6.07) is 3.65. The molecule has 126 valence electrons. The Balaban J connectivity index is 1.61. The number of imidazole rings is 1. The topological polar surface area (TPSA) is 66.7 Å². The lowest BCUT2D eigenvalue weighted by Gasteiger charge is -2.36. The quantitative estimate of drug-likeness (QED) is 0.863. The van der Waals surface area contributed by atoms with Crippen LogP contribution in [0.25, 0.3) is 5.65 Å². The first-order valence-corrected chi connectivity index (χ1v) is 8.58. The third-order valence-corrected chi connectivity index (χ3v) is 5.47. The van der Waals surface area contributed by atoms with Crippen molar-refractivity contribution in [2.75, 3.05) is 0 Å². The Bertz CT molecular complexity index is 828. The molecular weight excluding hydrogens is 304 g/mol. The van der Waals surface area contributed by atoms with Crippen molar-refractivity contribution in [2.24, 2.45) is 5.92 Å². The van der Waals surface area contributed by atoms with Gasteiger partial charge in [-0.1, -0.05) is 25.8 Å². The first kappa shape index (κ1) is 15.2. The molecule has 6 nitrogen and oxygen atoms in total. The van der Waals surface area contributed by atoms with Gasteiger partial charge >= 0.3 is 6.03 Å². The highest BCUT2D eigenvalue weighted by Gasteiger charge is 2.54. The van der Waals surface area contributed by atoms with Crippen LogP contribution in [0, 0.1) is 12.8 Å². The number of carbonyl (C=O) groups is 2. The number of imide groups is 1. The molecular formula is C18H22N4O2. The smallest absolute Gasteiger partial charge is 0.323 e. The Morgan fingerprint density at radius 2 is 2.12 bits per heavy atom. The molecule has 0 radical (unpaired) electrons. The van der Waals surface area contributed by atoms with Gasteiger partial charge < -0.3 is 9.72 Å². The summed E-state index contributed by atoms with van der Waals surface area (Å²) < 4.78 is 1.93. The molecule has 4 rings (SSSR count). The molecule has 1 aliphatic heterocycles. The number of fused-ring (bicyclic) bond motifs is 1. The highest BCUT2D eigenvalue weighted by Crippen LogP contribution is 2.38. The molecule has 2 atom stereocenters. The van der Waals surface area contributed by atoms with E-state index in [1.807, 2.05) is 35.9 Å². The molecule has 1 N–H and O–H groups in total. The molecule has 2 aromatic heterocycles. The fraction of sp³-hybridized carbons (Fsp3) is 0.500. The molecule has 0 unspecified atom stereocenters. The molecule has 6 heteroatoms. The van der Waals surface area contributed by atoms with E-state index in [1.54, 1.807) is 0 Å². The van der Waals surface area contributed by atoms with Crippen LogP contribution in [0.3, 0.4) is 0 Å². The van der Waals surface area contributed by atoms with Gasteiger partial charge in [-0.3, -0.25) is 9.69 Å². The Labute approximate surface area is 140 Å². The second-order valence-electron chi connectivity index (χ2n) is 7.14. The first-order valence-electron chi connectivity index (χ1n) is 8.58. The average molecular weight is 326 g/mol. The number of carbonyl (C=O) groups excluding carboxylic acids is 2. The van der Waals surface area contributed by atoms with E-state index in [0.717, 1.165) is 42.6 Å². The summed E-state index contributed by atoms with van der Waals surface area (Å²) in [5.41, 5.74) is 1.98. The number of rotatable bonds is 2. The Hall–Kier alpha value is -2.37. The van der Waals surface area contributed by atoms with Crippen LogP contribution in [-0.4, -0.2) is 31.8 Å². The van der Waals surface area contributed by atoms with Gasteiger partial charge in [-0.15, -0.1) is 0 Å². The summed E-state index contributed by atoms with van der Waals surface area (Å²) in [5, 5.41) is 2.98. The minimum Gasteiger partial charge on any atom is -0.323 e. The molecule has 1 saturated carbocycles. The van der Waals surface area contributed by atoms with E-state index in [2.05, 4.69) is 17.2 Å². The monoisotopic (exact) mass is 326 g/mol. The Morgan fingerprint density at radius 3 is 2.92 bits per heavy atom. The molecule has 1 aliphatic carbocycles. The highest BCUT2D eigenvalue weighted by molar-refractivity contribution is 6.07. The van der Waals surface area contributed by atoms with E-state index >= 15 is 0 Å². The van der Waals surface area contributed by atoms with Gasteiger partial charge in [0, 0.05) is 12.4 Å². The first-order chi connectivity index (χ1) is 11.5. The minimum atomic E-state index is -0.703. The van der Waals surface area contributed by atoms with Gasteiger partial charge in [-0.25, -0.2) is 9.78 Å². The van der Waals surface area contributed by atoms with Crippen LogP contribution in [0.4, 0.5) is 4.79 Å². The lowest BCUT2D eigenvalue weighted by Crippen LogP contribution is -2.53. The second-order valence-corrected chi connectivity index (χ2v) is 7.14. The summed E-state index contributed by atoms with van der Waals surface area (Å²) in [7, 11) is 0. The van der Waals surface area contributed by atoms with E-state index in [0.29, 0.717) is 0 Å². The molecule has 2 aromatic rings. The van der Waals surface area contributed by atoms with Crippen LogP contribution in [0.1, 0.15) is 43.9 Å². The lowest BCUT2D eigenvalue weighted by molar-refractivity contribution is -0.134. The van der Waals surface area contributed by atoms with Gasteiger partial charge in [-0.05, 0) is 37.3 Å². The molecule has 0 aromatic carbocycles. The van der Waals surface area contributed by atoms with Gasteiger partial charge in [0.15, 0.2) is 0 Å². The molecule has 24 heavy (non-hydrogen) atoms. The van der Waals surface area contributed by atoms with E-state index < -0.39 is 5.54 Å². The van der Waals surface area contributed by atoms with Crippen molar-refractivity contribution in [3.05, 3.63) is 35.8 Å². The van der Waals surface area contributed by atoms with Crippen molar-refractivity contribution in [2.45, 2.75) is 51.6 Å². The maximum absolute atomic E-state index is 13.0. The maximum Gasteiger partial charge on any atom is 0.325 e. The van der Waals surface area contributed by atoms with Crippen LogP contribution in [0.5, 0.6) is 0 Å². The van der Waals surface area contributed by atoms with Crippen LogP contribution in [0.2, 0.25) is 0 Å². The summed E-state index contributed by atoms with van der Waals surface area (Å²) in [5.74, 6) is 0.0874. The average Bonchev–Trinajstić information content (AvgIpc) is 3.04. The molecule has 0 bridgehead atoms. The van der Waals surface area contributed by atoms with Crippen LogP contribution in [-0.2, 0) is 11.3 Å². The summed E-state index contributed by atoms with van der Waals surface area (Å²) >= 11 is 0. The molecule has 1 saturated heterocycles. The van der Waals surface area contributed by atoms with Gasteiger partial charge in [0.05, 0.1) is 12.2 Å². The van der Waals surface area contributed by atoms with Gasteiger partial charge in [0.25, 0.3) is 5.91 Å². The number of amides is 3. The van der Waals surface area contributed by atoms with Gasteiger partial charge in [-0.2, -0.15) is 0 Å². The normalized spacial score (nSPS) is 27.2. The molecule has 3 heterocycles.